The van der Waals surface area contributed by atoms with Crippen molar-refractivity contribution in [2.24, 2.45) is 0 Å². The number of hydrogen-bond acceptors (Lipinski definition) is 5. The van der Waals surface area contributed by atoms with E-state index >= 15 is 0 Å². The first-order chi connectivity index (χ1) is 13.3. The highest BCUT2D eigenvalue weighted by molar-refractivity contribution is 5.78. The van der Waals surface area contributed by atoms with Crippen molar-refractivity contribution >= 4 is 5.91 Å². The van der Waals surface area contributed by atoms with Crippen molar-refractivity contribution in [2.45, 2.75) is 25.4 Å². The molecule has 7 heteroatoms. The van der Waals surface area contributed by atoms with E-state index in [1.54, 1.807) is 6.20 Å². The summed E-state index contributed by atoms with van der Waals surface area (Å²) in [5.74, 6) is 1.92. The van der Waals surface area contributed by atoms with Gasteiger partial charge in [-0.15, -0.1) is 0 Å². The third kappa shape index (κ3) is 4.67. The summed E-state index contributed by atoms with van der Waals surface area (Å²) < 4.78 is 13.3. The number of nitrogens with one attached hydrogen (secondary N) is 1. The van der Waals surface area contributed by atoms with Crippen LogP contribution in [0.15, 0.2) is 36.7 Å². The molecule has 2 aliphatic heterocycles. The Morgan fingerprint density at radius 1 is 1.22 bits per heavy atom. The van der Waals surface area contributed by atoms with E-state index in [1.807, 2.05) is 30.5 Å². The van der Waals surface area contributed by atoms with Crippen LogP contribution in [0.1, 0.15) is 12.8 Å². The monoisotopic (exact) mass is 370 g/mol. The van der Waals surface area contributed by atoms with Gasteiger partial charge in [0.05, 0.1) is 13.2 Å². The maximum atomic E-state index is 11.4. The SMILES string of the molecule is O=C1CCC(Cn2ccnc2-c2ccc(OCCN3CCOCC3)cc2)N1. The molecule has 1 unspecified atom stereocenters. The minimum absolute atomic E-state index is 0.139. The fraction of sp³-hybridized carbons (Fsp3) is 0.500. The number of amides is 1. The largest absolute Gasteiger partial charge is 0.492 e. The summed E-state index contributed by atoms with van der Waals surface area (Å²) in [5.41, 5.74) is 1.05. The molecule has 1 amide bonds. The van der Waals surface area contributed by atoms with E-state index in [-0.39, 0.29) is 11.9 Å². The van der Waals surface area contributed by atoms with Crippen molar-refractivity contribution in [3.63, 3.8) is 0 Å². The number of carbonyl (C=O) groups excluding carboxylic acids is 1. The lowest BCUT2D eigenvalue weighted by Gasteiger charge is -2.26. The molecule has 1 atom stereocenters. The van der Waals surface area contributed by atoms with Crippen molar-refractivity contribution in [1.82, 2.24) is 19.8 Å². The predicted molar refractivity (Wildman–Crippen MR) is 102 cm³/mol. The Hall–Kier alpha value is -2.38. The minimum atomic E-state index is 0.139. The van der Waals surface area contributed by atoms with E-state index in [0.29, 0.717) is 13.0 Å². The normalized spacial score (nSPS) is 20.6. The van der Waals surface area contributed by atoms with E-state index in [9.17, 15) is 4.79 Å². The summed E-state index contributed by atoms with van der Waals surface area (Å²) in [4.78, 5) is 18.3. The van der Waals surface area contributed by atoms with E-state index < -0.39 is 0 Å². The van der Waals surface area contributed by atoms with Gasteiger partial charge in [0.2, 0.25) is 5.91 Å². The first kappa shape index (κ1) is 18.0. The highest BCUT2D eigenvalue weighted by Crippen LogP contribution is 2.22. The van der Waals surface area contributed by atoms with Crippen LogP contribution in [0.5, 0.6) is 5.75 Å². The van der Waals surface area contributed by atoms with Crippen LogP contribution in [0, 0.1) is 0 Å². The zero-order valence-corrected chi connectivity index (χ0v) is 15.5. The Kier molecular flexibility index (Phi) is 5.69. The molecule has 27 heavy (non-hydrogen) atoms. The highest BCUT2D eigenvalue weighted by Gasteiger charge is 2.22. The number of imidazole rings is 1. The van der Waals surface area contributed by atoms with Gasteiger partial charge < -0.3 is 19.4 Å². The Balaban J connectivity index is 1.32. The van der Waals surface area contributed by atoms with Crippen molar-refractivity contribution in [1.29, 1.82) is 0 Å². The van der Waals surface area contributed by atoms with Gasteiger partial charge in [0.1, 0.15) is 18.2 Å². The Morgan fingerprint density at radius 2 is 2.04 bits per heavy atom. The van der Waals surface area contributed by atoms with Crippen LogP contribution in [-0.2, 0) is 16.1 Å². The smallest absolute Gasteiger partial charge is 0.220 e. The fourth-order valence-electron chi connectivity index (χ4n) is 3.59. The molecule has 0 spiro atoms. The van der Waals surface area contributed by atoms with Gasteiger partial charge in [0, 0.05) is 56.6 Å². The van der Waals surface area contributed by atoms with Crippen molar-refractivity contribution in [3.8, 4) is 17.1 Å². The number of nitrogens with zero attached hydrogens (tertiary/aromatic N) is 3. The van der Waals surface area contributed by atoms with Crippen molar-refractivity contribution in [3.05, 3.63) is 36.7 Å². The number of ether oxygens (including phenoxy) is 2. The zero-order chi connectivity index (χ0) is 18.5. The molecule has 0 aliphatic carbocycles. The summed E-state index contributed by atoms with van der Waals surface area (Å²) in [6.07, 6.45) is 5.27. The lowest BCUT2D eigenvalue weighted by molar-refractivity contribution is -0.119. The molecule has 2 fully saturated rings. The standard InChI is InChI=1S/C20H26N4O3/c25-19-6-3-17(22-19)15-24-8-7-21-20(24)16-1-4-18(5-2-16)27-14-11-23-9-12-26-13-10-23/h1-2,4-5,7-8,17H,3,6,9-15H2,(H,22,25). The average Bonchev–Trinajstić information content (AvgIpc) is 3.32. The fourth-order valence-corrected chi connectivity index (χ4v) is 3.59. The molecule has 0 bridgehead atoms. The quantitative estimate of drug-likeness (QED) is 0.801. The van der Waals surface area contributed by atoms with Crippen LogP contribution < -0.4 is 10.1 Å². The highest BCUT2D eigenvalue weighted by atomic mass is 16.5. The molecule has 3 heterocycles. The average molecular weight is 370 g/mol. The van der Waals surface area contributed by atoms with Crippen LogP contribution in [-0.4, -0.2) is 65.9 Å². The van der Waals surface area contributed by atoms with Crippen LogP contribution in [0.3, 0.4) is 0 Å². The molecule has 2 aromatic rings. The molecular formula is C20H26N4O3. The topological polar surface area (TPSA) is 68.6 Å². The Labute approximate surface area is 159 Å². The maximum Gasteiger partial charge on any atom is 0.220 e. The van der Waals surface area contributed by atoms with Gasteiger partial charge in [-0.05, 0) is 30.7 Å². The van der Waals surface area contributed by atoms with E-state index in [0.717, 1.165) is 63.0 Å². The predicted octanol–water partition coefficient (Wildman–Crippen LogP) is 1.54. The maximum absolute atomic E-state index is 11.4. The number of morpholine rings is 1. The molecule has 4 rings (SSSR count). The van der Waals surface area contributed by atoms with E-state index in [2.05, 4.69) is 19.8 Å². The Morgan fingerprint density at radius 3 is 2.78 bits per heavy atom. The molecule has 1 aromatic carbocycles. The second kappa shape index (κ2) is 8.54. The van der Waals surface area contributed by atoms with Gasteiger partial charge in [-0.3, -0.25) is 9.69 Å². The van der Waals surface area contributed by atoms with Crippen LogP contribution >= 0.6 is 0 Å². The summed E-state index contributed by atoms with van der Waals surface area (Å²) in [6, 6.07) is 8.25. The first-order valence-electron chi connectivity index (χ1n) is 9.62. The third-order valence-corrected chi connectivity index (χ3v) is 5.11. The van der Waals surface area contributed by atoms with E-state index in [4.69, 9.17) is 9.47 Å². The van der Waals surface area contributed by atoms with E-state index in [1.165, 1.54) is 0 Å². The molecule has 2 saturated heterocycles. The molecule has 144 valence electrons. The second-order valence-corrected chi connectivity index (χ2v) is 7.03. The summed E-state index contributed by atoms with van der Waals surface area (Å²) >= 11 is 0. The molecule has 1 N–H and O–H groups in total. The lowest BCUT2D eigenvalue weighted by Crippen LogP contribution is -2.38. The number of hydrogen-bond donors (Lipinski definition) is 1. The van der Waals surface area contributed by atoms with Crippen LogP contribution in [0.4, 0.5) is 0 Å². The van der Waals surface area contributed by atoms with Gasteiger partial charge in [-0.1, -0.05) is 0 Å². The molecule has 0 radical (unpaired) electrons. The molecular weight excluding hydrogens is 344 g/mol. The Bertz CT molecular complexity index is 753. The number of benzene rings is 1. The van der Waals surface area contributed by atoms with Gasteiger partial charge in [0.25, 0.3) is 0 Å². The number of aromatic nitrogens is 2. The molecule has 2 aliphatic rings. The van der Waals surface area contributed by atoms with Crippen molar-refractivity contribution < 1.29 is 14.3 Å². The molecule has 1 aromatic heterocycles. The van der Waals surface area contributed by atoms with Crippen LogP contribution in [0.25, 0.3) is 11.4 Å². The lowest BCUT2D eigenvalue weighted by atomic mass is 10.2. The zero-order valence-electron chi connectivity index (χ0n) is 15.5. The summed E-state index contributed by atoms with van der Waals surface area (Å²) in [7, 11) is 0. The van der Waals surface area contributed by atoms with Gasteiger partial charge in [0.15, 0.2) is 0 Å². The second-order valence-electron chi connectivity index (χ2n) is 7.03. The van der Waals surface area contributed by atoms with Gasteiger partial charge >= 0.3 is 0 Å². The molecule has 0 saturated carbocycles. The summed E-state index contributed by atoms with van der Waals surface area (Å²) in [5, 5.41) is 3.01. The number of rotatable bonds is 7. The third-order valence-electron chi connectivity index (χ3n) is 5.11. The molecule has 7 nitrogen and oxygen atoms in total. The van der Waals surface area contributed by atoms with Gasteiger partial charge in [-0.25, -0.2) is 4.98 Å². The summed E-state index contributed by atoms with van der Waals surface area (Å²) in [6.45, 7) is 5.92. The first-order valence-corrected chi connectivity index (χ1v) is 9.62. The van der Waals surface area contributed by atoms with Crippen molar-refractivity contribution in [2.75, 3.05) is 39.5 Å². The van der Waals surface area contributed by atoms with Crippen LogP contribution in [0.2, 0.25) is 0 Å². The minimum Gasteiger partial charge on any atom is -0.492 e. The van der Waals surface area contributed by atoms with Gasteiger partial charge in [-0.2, -0.15) is 0 Å². The number of carbonyl (C=O) groups is 1.